The van der Waals surface area contributed by atoms with Gasteiger partial charge in [-0.2, -0.15) is 12.6 Å². The van der Waals surface area contributed by atoms with Crippen molar-refractivity contribution in [2.75, 3.05) is 5.75 Å². The standard InChI is InChI=1S/C16H11BrO2S/c17-10-2-4-13-12-3-1-9(5-11(18)8-20)6-14(12)16(19)15(13)7-10/h1-4,6-7,20H,5,8H2. The third-order valence-corrected chi connectivity index (χ3v) is 4.27. The lowest BCUT2D eigenvalue weighted by Gasteiger charge is -2.03. The fourth-order valence-corrected chi connectivity index (χ4v) is 2.96. The highest BCUT2D eigenvalue weighted by Gasteiger charge is 2.26. The Morgan fingerprint density at radius 2 is 1.65 bits per heavy atom. The van der Waals surface area contributed by atoms with Gasteiger partial charge in [0.1, 0.15) is 5.78 Å². The molecule has 2 nitrogen and oxygen atoms in total. The average Bonchev–Trinajstić information content (AvgIpc) is 2.72. The van der Waals surface area contributed by atoms with Gasteiger partial charge < -0.3 is 0 Å². The zero-order chi connectivity index (χ0) is 14.3. The smallest absolute Gasteiger partial charge is 0.194 e. The minimum Gasteiger partial charge on any atom is -0.298 e. The first-order chi connectivity index (χ1) is 9.60. The molecule has 0 saturated carbocycles. The first-order valence-corrected chi connectivity index (χ1v) is 7.63. The van der Waals surface area contributed by atoms with E-state index in [1.807, 2.05) is 36.4 Å². The van der Waals surface area contributed by atoms with E-state index in [0.29, 0.717) is 17.5 Å². The van der Waals surface area contributed by atoms with Gasteiger partial charge in [-0.3, -0.25) is 9.59 Å². The van der Waals surface area contributed by atoms with Crippen LogP contribution in [-0.4, -0.2) is 17.3 Å². The second kappa shape index (κ2) is 5.19. The number of hydrogen-bond acceptors (Lipinski definition) is 3. The second-order valence-electron chi connectivity index (χ2n) is 4.77. The predicted octanol–water partition coefficient (Wildman–Crippen LogP) is 3.70. The number of hydrogen-bond donors (Lipinski definition) is 1. The Morgan fingerprint density at radius 3 is 2.35 bits per heavy atom. The van der Waals surface area contributed by atoms with Crippen LogP contribution in [0.3, 0.4) is 0 Å². The molecule has 100 valence electrons. The van der Waals surface area contributed by atoms with Crippen LogP contribution < -0.4 is 0 Å². The third-order valence-electron chi connectivity index (χ3n) is 3.42. The number of halogens is 1. The summed E-state index contributed by atoms with van der Waals surface area (Å²) in [6, 6.07) is 11.4. The summed E-state index contributed by atoms with van der Waals surface area (Å²) in [6.45, 7) is 0. The van der Waals surface area contributed by atoms with Crippen molar-refractivity contribution in [3.05, 3.63) is 57.6 Å². The molecule has 0 spiro atoms. The van der Waals surface area contributed by atoms with Crippen LogP contribution >= 0.6 is 28.6 Å². The maximum absolute atomic E-state index is 12.4. The van der Waals surface area contributed by atoms with Crippen molar-refractivity contribution in [1.29, 1.82) is 0 Å². The van der Waals surface area contributed by atoms with Crippen molar-refractivity contribution in [3.8, 4) is 11.1 Å². The Kier molecular flexibility index (Phi) is 3.52. The molecule has 0 amide bonds. The molecule has 0 unspecified atom stereocenters. The third kappa shape index (κ3) is 2.23. The summed E-state index contributed by atoms with van der Waals surface area (Å²) < 4.78 is 0.892. The van der Waals surface area contributed by atoms with E-state index < -0.39 is 0 Å². The fourth-order valence-electron chi connectivity index (χ4n) is 2.49. The molecule has 0 fully saturated rings. The highest BCUT2D eigenvalue weighted by molar-refractivity contribution is 9.10. The van der Waals surface area contributed by atoms with Crippen molar-refractivity contribution >= 4 is 40.1 Å². The minimum atomic E-state index is 0.0245. The monoisotopic (exact) mass is 346 g/mol. The Morgan fingerprint density at radius 1 is 1.00 bits per heavy atom. The zero-order valence-electron chi connectivity index (χ0n) is 10.5. The Labute approximate surface area is 130 Å². The lowest BCUT2D eigenvalue weighted by molar-refractivity contribution is -0.115. The number of ketones is 2. The van der Waals surface area contributed by atoms with Crippen LogP contribution in [0.5, 0.6) is 0 Å². The van der Waals surface area contributed by atoms with Gasteiger partial charge in [0.25, 0.3) is 0 Å². The first kappa shape index (κ1) is 13.6. The largest absolute Gasteiger partial charge is 0.298 e. The summed E-state index contributed by atoms with van der Waals surface area (Å²) in [6.07, 6.45) is 0.324. The van der Waals surface area contributed by atoms with E-state index in [9.17, 15) is 9.59 Å². The molecule has 3 rings (SSSR count). The molecular weight excluding hydrogens is 336 g/mol. The Balaban J connectivity index is 2.06. The minimum absolute atomic E-state index is 0.0245. The van der Waals surface area contributed by atoms with Gasteiger partial charge in [-0.15, -0.1) is 0 Å². The van der Waals surface area contributed by atoms with E-state index in [1.165, 1.54) is 0 Å². The van der Waals surface area contributed by atoms with E-state index in [2.05, 4.69) is 28.6 Å². The lowest BCUT2D eigenvalue weighted by atomic mass is 10.0. The first-order valence-electron chi connectivity index (χ1n) is 6.20. The van der Waals surface area contributed by atoms with Crippen LogP contribution in [0.4, 0.5) is 0 Å². The highest BCUT2D eigenvalue weighted by Crippen LogP contribution is 2.38. The van der Waals surface area contributed by atoms with Crippen LogP contribution in [0.25, 0.3) is 11.1 Å². The van der Waals surface area contributed by atoms with E-state index in [4.69, 9.17) is 0 Å². The molecule has 0 aromatic heterocycles. The summed E-state index contributed by atoms with van der Waals surface area (Å²) in [7, 11) is 0. The number of carbonyl (C=O) groups is 2. The van der Waals surface area contributed by atoms with E-state index in [1.54, 1.807) is 0 Å². The van der Waals surface area contributed by atoms with Crippen LogP contribution in [0.15, 0.2) is 40.9 Å². The maximum Gasteiger partial charge on any atom is 0.194 e. The quantitative estimate of drug-likeness (QED) is 0.733. The fraction of sp³-hybridized carbons (Fsp3) is 0.125. The van der Waals surface area contributed by atoms with E-state index >= 15 is 0 Å². The number of rotatable bonds is 3. The van der Waals surface area contributed by atoms with Crippen molar-refractivity contribution in [2.45, 2.75) is 6.42 Å². The van der Waals surface area contributed by atoms with E-state index in [0.717, 1.165) is 21.2 Å². The second-order valence-corrected chi connectivity index (χ2v) is 6.00. The summed E-state index contributed by atoms with van der Waals surface area (Å²) in [4.78, 5) is 23.9. The molecule has 0 N–H and O–H groups in total. The summed E-state index contributed by atoms with van der Waals surface area (Å²) in [5.74, 6) is 0.300. The van der Waals surface area contributed by atoms with Crippen LogP contribution in [0.2, 0.25) is 0 Å². The lowest BCUT2D eigenvalue weighted by Crippen LogP contribution is -2.05. The predicted molar refractivity (Wildman–Crippen MR) is 85.6 cm³/mol. The van der Waals surface area contributed by atoms with Gasteiger partial charge in [0.15, 0.2) is 5.78 Å². The molecule has 0 radical (unpaired) electrons. The number of fused-ring (bicyclic) bond motifs is 3. The van der Waals surface area contributed by atoms with Crippen molar-refractivity contribution in [2.24, 2.45) is 0 Å². The summed E-state index contributed by atoms with van der Waals surface area (Å²) in [5, 5.41) is 0. The molecule has 20 heavy (non-hydrogen) atoms. The molecular formula is C16H11BrO2S. The molecule has 2 aromatic rings. The Bertz CT molecular complexity index is 737. The molecule has 0 aliphatic heterocycles. The summed E-state index contributed by atoms with van der Waals surface area (Å²) in [5.41, 5.74) is 4.16. The highest BCUT2D eigenvalue weighted by atomic mass is 79.9. The van der Waals surface area contributed by atoms with Gasteiger partial charge in [0, 0.05) is 27.8 Å². The van der Waals surface area contributed by atoms with Gasteiger partial charge in [-0.1, -0.05) is 34.1 Å². The zero-order valence-corrected chi connectivity index (χ0v) is 13.0. The average molecular weight is 347 g/mol. The molecule has 1 aliphatic rings. The van der Waals surface area contributed by atoms with Crippen molar-refractivity contribution < 1.29 is 9.59 Å². The van der Waals surface area contributed by atoms with Gasteiger partial charge in [0.2, 0.25) is 0 Å². The molecule has 0 bridgehead atoms. The molecule has 4 heteroatoms. The summed E-state index contributed by atoms with van der Waals surface area (Å²) >= 11 is 7.36. The van der Waals surface area contributed by atoms with E-state index in [-0.39, 0.29) is 17.3 Å². The normalized spacial score (nSPS) is 12.2. The Hall–Kier alpha value is -1.39. The molecule has 1 aliphatic carbocycles. The SMILES string of the molecule is O=C(CS)Cc1ccc2c(c1)C(=O)c1cc(Br)ccc1-2. The van der Waals surface area contributed by atoms with Crippen molar-refractivity contribution in [3.63, 3.8) is 0 Å². The number of Topliss-reactive ketones (excluding diaryl/α,β-unsaturated/α-hetero) is 1. The van der Waals surface area contributed by atoms with Crippen LogP contribution in [0, 0.1) is 0 Å². The topological polar surface area (TPSA) is 34.1 Å². The molecule has 2 aromatic carbocycles. The van der Waals surface area contributed by atoms with Gasteiger partial charge >= 0.3 is 0 Å². The number of carbonyl (C=O) groups excluding carboxylic acids is 2. The number of benzene rings is 2. The van der Waals surface area contributed by atoms with Gasteiger partial charge in [-0.05, 0) is 34.9 Å². The van der Waals surface area contributed by atoms with Crippen molar-refractivity contribution in [1.82, 2.24) is 0 Å². The van der Waals surface area contributed by atoms with Gasteiger partial charge in [0.05, 0.1) is 0 Å². The van der Waals surface area contributed by atoms with Crippen LogP contribution in [-0.2, 0) is 11.2 Å². The molecule has 0 saturated heterocycles. The number of thiol groups is 1. The maximum atomic E-state index is 12.4. The molecule has 0 atom stereocenters. The van der Waals surface area contributed by atoms with Gasteiger partial charge in [-0.25, -0.2) is 0 Å². The van der Waals surface area contributed by atoms with Crippen LogP contribution in [0.1, 0.15) is 21.5 Å². The molecule has 0 heterocycles.